The first-order valence-corrected chi connectivity index (χ1v) is 7.10. The number of aromatic nitrogens is 4. The minimum atomic E-state index is 0.150. The summed E-state index contributed by atoms with van der Waals surface area (Å²) in [6, 6.07) is 5.51. The second-order valence-electron chi connectivity index (χ2n) is 5.10. The minimum Gasteiger partial charge on any atom is -0.496 e. The number of tetrazole rings is 1. The molecule has 0 spiro atoms. The number of nitrogens with zero attached hydrogens (tertiary/aromatic N) is 4. The number of rotatable bonds is 4. The zero-order valence-electron chi connectivity index (χ0n) is 12.0. The van der Waals surface area contributed by atoms with Gasteiger partial charge in [-0.3, -0.25) is 0 Å². The molecule has 112 valence electrons. The highest BCUT2D eigenvalue weighted by atomic mass is 16.5. The van der Waals surface area contributed by atoms with Crippen LogP contribution in [0, 0.1) is 0 Å². The number of anilines is 1. The van der Waals surface area contributed by atoms with Gasteiger partial charge in [0.1, 0.15) is 5.75 Å². The lowest BCUT2D eigenvalue weighted by Crippen LogP contribution is -2.25. The molecule has 0 amide bonds. The van der Waals surface area contributed by atoms with Crippen molar-refractivity contribution in [1.29, 1.82) is 0 Å². The summed E-state index contributed by atoms with van der Waals surface area (Å²) in [6.07, 6.45) is 3.48. The number of nitrogen functional groups attached to an aromatic ring is 1. The van der Waals surface area contributed by atoms with E-state index in [1.807, 2.05) is 18.2 Å². The van der Waals surface area contributed by atoms with Crippen molar-refractivity contribution in [2.45, 2.75) is 31.9 Å². The Bertz CT molecular complexity index is 607. The SMILES string of the molecule is COc1cccc(N)c1-c1nnnn1CC1CCCCO1. The van der Waals surface area contributed by atoms with Gasteiger partial charge in [-0.05, 0) is 41.8 Å². The van der Waals surface area contributed by atoms with Gasteiger partial charge < -0.3 is 15.2 Å². The normalized spacial score (nSPS) is 18.6. The van der Waals surface area contributed by atoms with E-state index in [9.17, 15) is 0 Å². The molecule has 7 nitrogen and oxygen atoms in total. The molecule has 2 heterocycles. The number of hydrogen-bond donors (Lipinski definition) is 1. The van der Waals surface area contributed by atoms with E-state index >= 15 is 0 Å². The van der Waals surface area contributed by atoms with E-state index in [0.717, 1.165) is 25.0 Å². The molecular weight excluding hydrogens is 270 g/mol. The Balaban J connectivity index is 1.91. The Kier molecular flexibility index (Phi) is 4.01. The molecule has 1 saturated heterocycles. The van der Waals surface area contributed by atoms with Crippen LogP contribution in [0.3, 0.4) is 0 Å². The van der Waals surface area contributed by atoms with Crippen molar-refractivity contribution in [2.75, 3.05) is 19.5 Å². The number of nitrogens with two attached hydrogens (primary N) is 1. The maximum Gasteiger partial charge on any atom is 0.187 e. The van der Waals surface area contributed by atoms with Gasteiger partial charge in [0.25, 0.3) is 0 Å². The van der Waals surface area contributed by atoms with Gasteiger partial charge in [-0.2, -0.15) is 0 Å². The molecule has 1 aromatic carbocycles. The molecule has 1 aliphatic rings. The molecule has 21 heavy (non-hydrogen) atoms. The van der Waals surface area contributed by atoms with Crippen LogP contribution in [0.4, 0.5) is 5.69 Å². The highest BCUT2D eigenvalue weighted by Crippen LogP contribution is 2.33. The van der Waals surface area contributed by atoms with E-state index in [4.69, 9.17) is 15.2 Å². The maximum absolute atomic E-state index is 6.07. The quantitative estimate of drug-likeness (QED) is 0.858. The Morgan fingerprint density at radius 3 is 3.10 bits per heavy atom. The van der Waals surface area contributed by atoms with Crippen molar-refractivity contribution in [2.24, 2.45) is 0 Å². The summed E-state index contributed by atoms with van der Waals surface area (Å²) in [7, 11) is 1.61. The average molecular weight is 289 g/mol. The van der Waals surface area contributed by atoms with E-state index in [1.54, 1.807) is 11.8 Å². The fourth-order valence-corrected chi connectivity index (χ4v) is 2.61. The van der Waals surface area contributed by atoms with E-state index in [0.29, 0.717) is 23.8 Å². The maximum atomic E-state index is 6.07. The van der Waals surface area contributed by atoms with Crippen LogP contribution in [-0.4, -0.2) is 40.0 Å². The predicted octanol–water partition coefficient (Wildman–Crippen LogP) is 1.50. The van der Waals surface area contributed by atoms with Crippen molar-refractivity contribution in [1.82, 2.24) is 20.2 Å². The van der Waals surface area contributed by atoms with Crippen LogP contribution in [0.2, 0.25) is 0 Å². The van der Waals surface area contributed by atoms with Crippen molar-refractivity contribution >= 4 is 5.69 Å². The highest BCUT2D eigenvalue weighted by Gasteiger charge is 2.21. The highest BCUT2D eigenvalue weighted by molar-refractivity contribution is 5.77. The second-order valence-corrected chi connectivity index (χ2v) is 5.10. The summed E-state index contributed by atoms with van der Waals surface area (Å²) in [5.74, 6) is 1.27. The molecule has 1 aromatic heterocycles. The zero-order valence-corrected chi connectivity index (χ0v) is 12.0. The molecule has 1 unspecified atom stereocenters. The van der Waals surface area contributed by atoms with Crippen LogP contribution in [0.25, 0.3) is 11.4 Å². The van der Waals surface area contributed by atoms with Gasteiger partial charge in [0.15, 0.2) is 5.82 Å². The standard InChI is InChI=1S/C14H19N5O2/c1-20-12-7-4-6-11(15)13(12)14-16-17-18-19(14)9-10-5-2-3-8-21-10/h4,6-7,10H,2-3,5,8-9,15H2,1H3. The number of benzene rings is 1. The van der Waals surface area contributed by atoms with Crippen molar-refractivity contribution < 1.29 is 9.47 Å². The summed E-state index contributed by atoms with van der Waals surface area (Å²) in [4.78, 5) is 0. The Labute approximate surface area is 123 Å². The van der Waals surface area contributed by atoms with E-state index in [2.05, 4.69) is 15.5 Å². The largest absolute Gasteiger partial charge is 0.496 e. The molecule has 3 rings (SSSR count). The first-order chi connectivity index (χ1) is 10.3. The summed E-state index contributed by atoms with van der Waals surface area (Å²) >= 11 is 0. The lowest BCUT2D eigenvalue weighted by Gasteiger charge is -2.22. The van der Waals surface area contributed by atoms with Gasteiger partial charge in [0.2, 0.25) is 0 Å². The monoisotopic (exact) mass is 289 g/mol. The first kappa shape index (κ1) is 13.8. The lowest BCUT2D eigenvalue weighted by atomic mass is 10.1. The fourth-order valence-electron chi connectivity index (χ4n) is 2.61. The summed E-state index contributed by atoms with van der Waals surface area (Å²) < 4.78 is 12.9. The molecule has 1 atom stereocenters. The summed E-state index contributed by atoms with van der Waals surface area (Å²) in [5.41, 5.74) is 7.39. The Morgan fingerprint density at radius 2 is 2.33 bits per heavy atom. The molecule has 0 saturated carbocycles. The van der Waals surface area contributed by atoms with E-state index in [-0.39, 0.29) is 6.10 Å². The third kappa shape index (κ3) is 2.82. The van der Waals surface area contributed by atoms with Crippen molar-refractivity contribution in [3.8, 4) is 17.1 Å². The first-order valence-electron chi connectivity index (χ1n) is 7.10. The van der Waals surface area contributed by atoms with E-state index < -0.39 is 0 Å². The molecule has 2 N–H and O–H groups in total. The van der Waals surface area contributed by atoms with Crippen LogP contribution >= 0.6 is 0 Å². The molecular formula is C14H19N5O2. The van der Waals surface area contributed by atoms with Gasteiger partial charge in [0, 0.05) is 12.3 Å². The molecule has 1 aliphatic heterocycles. The van der Waals surface area contributed by atoms with Crippen LogP contribution in [0.5, 0.6) is 5.75 Å². The van der Waals surface area contributed by atoms with Crippen molar-refractivity contribution in [3.05, 3.63) is 18.2 Å². The molecule has 0 bridgehead atoms. The molecule has 0 radical (unpaired) electrons. The topological polar surface area (TPSA) is 88.1 Å². The molecule has 0 aliphatic carbocycles. The smallest absolute Gasteiger partial charge is 0.187 e. The van der Waals surface area contributed by atoms with Gasteiger partial charge in [-0.1, -0.05) is 6.07 Å². The number of methoxy groups -OCH3 is 1. The van der Waals surface area contributed by atoms with Crippen LogP contribution in [0.1, 0.15) is 19.3 Å². The van der Waals surface area contributed by atoms with Crippen molar-refractivity contribution in [3.63, 3.8) is 0 Å². The molecule has 7 heteroatoms. The minimum absolute atomic E-state index is 0.150. The summed E-state index contributed by atoms with van der Waals surface area (Å²) in [6.45, 7) is 1.43. The van der Waals surface area contributed by atoms with Crippen LogP contribution in [0.15, 0.2) is 18.2 Å². The number of hydrogen-bond acceptors (Lipinski definition) is 6. The average Bonchev–Trinajstić information content (AvgIpc) is 2.95. The number of ether oxygens (including phenoxy) is 2. The zero-order chi connectivity index (χ0) is 14.7. The van der Waals surface area contributed by atoms with Gasteiger partial charge in [0.05, 0.1) is 25.3 Å². The third-order valence-corrected chi connectivity index (χ3v) is 3.68. The fraction of sp³-hybridized carbons (Fsp3) is 0.500. The molecule has 2 aromatic rings. The van der Waals surface area contributed by atoms with Crippen LogP contribution in [-0.2, 0) is 11.3 Å². The summed E-state index contributed by atoms with van der Waals surface area (Å²) in [5, 5.41) is 12.0. The third-order valence-electron chi connectivity index (χ3n) is 3.68. The Hall–Kier alpha value is -2.15. The Morgan fingerprint density at radius 1 is 1.43 bits per heavy atom. The van der Waals surface area contributed by atoms with Gasteiger partial charge >= 0.3 is 0 Å². The van der Waals surface area contributed by atoms with Gasteiger partial charge in [-0.25, -0.2) is 4.68 Å². The molecule has 1 fully saturated rings. The van der Waals surface area contributed by atoms with Gasteiger partial charge in [-0.15, -0.1) is 5.10 Å². The lowest BCUT2D eigenvalue weighted by molar-refractivity contribution is 0.00397. The second kappa shape index (κ2) is 6.09. The van der Waals surface area contributed by atoms with Crippen LogP contribution < -0.4 is 10.5 Å². The predicted molar refractivity (Wildman–Crippen MR) is 77.8 cm³/mol. The van der Waals surface area contributed by atoms with E-state index in [1.165, 1.54) is 6.42 Å².